The third-order valence-electron chi connectivity index (χ3n) is 2.79. The number of carbonyl (C=O) groups excluding carboxylic acids is 1. The van der Waals surface area contributed by atoms with E-state index in [-0.39, 0.29) is 12.5 Å². The van der Waals surface area contributed by atoms with Crippen molar-refractivity contribution >= 4 is 5.91 Å². The Labute approximate surface area is 125 Å². The maximum absolute atomic E-state index is 11.4. The maximum Gasteiger partial charge on any atom is 0.257 e. The van der Waals surface area contributed by atoms with Crippen LogP contribution in [0.4, 0.5) is 0 Å². The average molecular weight is 296 g/mol. The summed E-state index contributed by atoms with van der Waals surface area (Å²) in [6.07, 6.45) is 0. The molecule has 0 atom stereocenters. The van der Waals surface area contributed by atoms with E-state index >= 15 is 0 Å². The van der Waals surface area contributed by atoms with Crippen LogP contribution in [-0.4, -0.2) is 46.4 Å². The normalized spacial score (nSPS) is 10.2. The van der Waals surface area contributed by atoms with Gasteiger partial charge in [-0.3, -0.25) is 4.79 Å². The van der Waals surface area contributed by atoms with Crippen LogP contribution in [0, 0.1) is 0 Å². The molecule has 0 aliphatic carbocycles. The Hall–Kier alpha value is -1.79. The molecule has 2 N–H and O–H groups in total. The number of carbonyl (C=O) groups is 1. The van der Waals surface area contributed by atoms with Crippen molar-refractivity contribution in [1.29, 1.82) is 0 Å². The molecule has 6 nitrogen and oxygen atoms in total. The molecule has 0 aromatic heterocycles. The molecule has 21 heavy (non-hydrogen) atoms. The first-order chi connectivity index (χ1) is 10.2. The Kier molecular flexibility index (Phi) is 8.23. The van der Waals surface area contributed by atoms with Gasteiger partial charge in [-0.15, -0.1) is 0 Å². The summed E-state index contributed by atoms with van der Waals surface area (Å²) >= 11 is 0. The highest BCUT2D eigenvalue weighted by Gasteiger charge is 2.12. The number of hydrogen-bond donors (Lipinski definition) is 2. The fraction of sp³-hybridized carbons (Fsp3) is 0.533. The van der Waals surface area contributed by atoms with Gasteiger partial charge in [-0.1, -0.05) is 12.1 Å². The van der Waals surface area contributed by atoms with E-state index in [1.54, 1.807) is 14.2 Å². The van der Waals surface area contributed by atoms with Crippen molar-refractivity contribution in [3.8, 4) is 11.5 Å². The minimum absolute atomic E-state index is 0.0361. The largest absolute Gasteiger partial charge is 0.490 e. The molecule has 0 heterocycles. The lowest BCUT2D eigenvalue weighted by Gasteiger charge is -2.16. The van der Waals surface area contributed by atoms with E-state index < -0.39 is 0 Å². The van der Waals surface area contributed by atoms with Gasteiger partial charge in [0.1, 0.15) is 0 Å². The van der Waals surface area contributed by atoms with Crippen LogP contribution in [-0.2, 0) is 16.1 Å². The van der Waals surface area contributed by atoms with Crippen LogP contribution < -0.4 is 20.1 Å². The number of rotatable bonds is 10. The number of nitrogens with one attached hydrogen (secondary N) is 2. The Bertz CT molecular complexity index is 438. The summed E-state index contributed by atoms with van der Waals surface area (Å²) in [6, 6.07) is 5.69. The fourth-order valence-corrected chi connectivity index (χ4v) is 1.74. The molecule has 6 heteroatoms. The predicted octanol–water partition coefficient (Wildman–Crippen LogP) is 0.946. The highest BCUT2D eigenvalue weighted by molar-refractivity contribution is 5.77. The van der Waals surface area contributed by atoms with Crippen molar-refractivity contribution in [2.75, 3.05) is 40.5 Å². The average Bonchev–Trinajstić information content (AvgIpc) is 2.50. The zero-order valence-electron chi connectivity index (χ0n) is 12.9. The molecular formula is C15H24N2O4. The van der Waals surface area contributed by atoms with E-state index in [9.17, 15) is 4.79 Å². The maximum atomic E-state index is 11.4. The minimum atomic E-state index is -0.181. The summed E-state index contributed by atoms with van der Waals surface area (Å²) < 4.78 is 16.2. The molecule has 0 unspecified atom stereocenters. The number of ether oxygens (including phenoxy) is 3. The van der Waals surface area contributed by atoms with Gasteiger partial charge in [0.05, 0.1) is 13.2 Å². The van der Waals surface area contributed by atoms with E-state index in [0.717, 1.165) is 12.1 Å². The van der Waals surface area contributed by atoms with E-state index in [2.05, 4.69) is 10.6 Å². The van der Waals surface area contributed by atoms with Crippen LogP contribution >= 0.6 is 0 Å². The van der Waals surface area contributed by atoms with E-state index in [1.165, 1.54) is 0 Å². The summed E-state index contributed by atoms with van der Waals surface area (Å²) in [5.41, 5.74) is 0.945. The summed E-state index contributed by atoms with van der Waals surface area (Å²) in [7, 11) is 3.24. The van der Waals surface area contributed by atoms with Crippen LogP contribution in [0.15, 0.2) is 18.2 Å². The van der Waals surface area contributed by atoms with Crippen molar-refractivity contribution in [2.24, 2.45) is 0 Å². The third kappa shape index (κ3) is 6.01. The van der Waals surface area contributed by atoms with Crippen molar-refractivity contribution in [3.63, 3.8) is 0 Å². The molecule has 0 bridgehead atoms. The number of hydrogen-bond acceptors (Lipinski definition) is 5. The lowest BCUT2D eigenvalue weighted by molar-refractivity contribution is -0.122. The third-order valence-corrected chi connectivity index (χ3v) is 2.79. The quantitative estimate of drug-likeness (QED) is 0.629. The van der Waals surface area contributed by atoms with Crippen LogP contribution in [0.25, 0.3) is 0 Å². The van der Waals surface area contributed by atoms with Crippen molar-refractivity contribution in [3.05, 3.63) is 23.8 Å². The second-order valence-corrected chi connectivity index (χ2v) is 4.31. The highest BCUT2D eigenvalue weighted by Crippen LogP contribution is 2.31. The van der Waals surface area contributed by atoms with Crippen LogP contribution in [0.1, 0.15) is 12.5 Å². The number of methoxy groups -OCH3 is 1. The van der Waals surface area contributed by atoms with Gasteiger partial charge >= 0.3 is 0 Å². The Morgan fingerprint density at radius 2 is 2.10 bits per heavy atom. The molecule has 0 saturated heterocycles. The number of amides is 1. The topological polar surface area (TPSA) is 68.8 Å². The zero-order valence-corrected chi connectivity index (χ0v) is 12.9. The number of likely N-dealkylation sites (N-methyl/N-ethyl adjacent to an activating group) is 1. The highest BCUT2D eigenvalue weighted by atomic mass is 16.5. The Balaban J connectivity index is 2.78. The number of para-hydroxylation sites is 1. The summed E-state index contributed by atoms with van der Waals surface area (Å²) in [4.78, 5) is 11.4. The SMILES string of the molecule is CCOc1cccc(CNCCOC)c1OCC(=O)NC. The monoisotopic (exact) mass is 296 g/mol. The van der Waals surface area contributed by atoms with Crippen molar-refractivity contribution < 1.29 is 19.0 Å². The van der Waals surface area contributed by atoms with Crippen molar-refractivity contribution in [2.45, 2.75) is 13.5 Å². The Morgan fingerprint density at radius 1 is 1.29 bits per heavy atom. The summed E-state index contributed by atoms with van der Waals surface area (Å²) in [5.74, 6) is 1.07. The molecule has 0 radical (unpaired) electrons. The smallest absolute Gasteiger partial charge is 0.257 e. The van der Waals surface area contributed by atoms with Crippen LogP contribution in [0.3, 0.4) is 0 Å². The number of benzene rings is 1. The van der Waals surface area contributed by atoms with Gasteiger partial charge in [-0.25, -0.2) is 0 Å². The Morgan fingerprint density at radius 3 is 2.76 bits per heavy atom. The first-order valence-corrected chi connectivity index (χ1v) is 7.00. The molecule has 0 saturated carbocycles. The first kappa shape index (κ1) is 17.3. The summed E-state index contributed by atoms with van der Waals surface area (Å²) in [6.45, 7) is 4.41. The van der Waals surface area contributed by atoms with Gasteiger partial charge < -0.3 is 24.8 Å². The molecule has 1 rings (SSSR count). The van der Waals surface area contributed by atoms with E-state index in [1.807, 2.05) is 25.1 Å². The van der Waals surface area contributed by atoms with Gasteiger partial charge in [0.2, 0.25) is 0 Å². The first-order valence-electron chi connectivity index (χ1n) is 7.00. The van der Waals surface area contributed by atoms with Gasteiger partial charge in [0.25, 0.3) is 5.91 Å². The predicted molar refractivity (Wildman–Crippen MR) is 80.8 cm³/mol. The standard InChI is InChI=1S/C15H24N2O4/c1-4-20-13-7-5-6-12(10-17-8-9-19-3)15(13)21-11-14(18)16-2/h5-7,17H,4,8-11H2,1-3H3,(H,16,18). The molecule has 0 spiro atoms. The molecule has 1 aromatic rings. The van der Waals surface area contributed by atoms with Crippen LogP contribution in [0.5, 0.6) is 11.5 Å². The second kappa shape index (κ2) is 10.0. The molecule has 118 valence electrons. The van der Waals surface area contributed by atoms with Crippen molar-refractivity contribution in [1.82, 2.24) is 10.6 Å². The lowest BCUT2D eigenvalue weighted by atomic mass is 10.2. The molecule has 0 aliphatic rings. The molecular weight excluding hydrogens is 272 g/mol. The molecule has 0 fully saturated rings. The van der Waals surface area contributed by atoms with E-state index in [4.69, 9.17) is 14.2 Å². The zero-order chi connectivity index (χ0) is 15.5. The molecule has 1 aromatic carbocycles. The summed E-state index contributed by atoms with van der Waals surface area (Å²) in [5, 5.41) is 5.78. The van der Waals surface area contributed by atoms with Gasteiger partial charge in [0, 0.05) is 32.8 Å². The van der Waals surface area contributed by atoms with Gasteiger partial charge in [-0.2, -0.15) is 0 Å². The molecule has 0 aliphatic heterocycles. The molecule has 1 amide bonds. The van der Waals surface area contributed by atoms with Gasteiger partial charge in [-0.05, 0) is 13.0 Å². The lowest BCUT2D eigenvalue weighted by Crippen LogP contribution is -2.25. The minimum Gasteiger partial charge on any atom is -0.490 e. The van der Waals surface area contributed by atoms with Crippen LogP contribution in [0.2, 0.25) is 0 Å². The second-order valence-electron chi connectivity index (χ2n) is 4.31. The van der Waals surface area contributed by atoms with Gasteiger partial charge in [0.15, 0.2) is 18.1 Å². The fourth-order valence-electron chi connectivity index (χ4n) is 1.74. The van der Waals surface area contributed by atoms with E-state index in [0.29, 0.717) is 31.3 Å².